The quantitative estimate of drug-likeness (QED) is 0.408. The molecule has 1 fully saturated rings. The van der Waals surface area contributed by atoms with Crippen molar-refractivity contribution in [1.29, 1.82) is 0 Å². The number of likely N-dealkylation sites (tertiary alicyclic amines) is 1. The van der Waals surface area contributed by atoms with Gasteiger partial charge in [-0.15, -0.1) is 0 Å². The highest BCUT2D eigenvalue weighted by molar-refractivity contribution is 6.46. The third-order valence-corrected chi connectivity index (χ3v) is 4.93. The van der Waals surface area contributed by atoms with Gasteiger partial charge >= 0.3 is 0 Å². The minimum atomic E-state index is -0.734. The number of ketones is 1. The molecule has 0 saturated carbocycles. The van der Waals surface area contributed by atoms with Gasteiger partial charge in [0, 0.05) is 19.2 Å². The van der Waals surface area contributed by atoms with Gasteiger partial charge in [-0.05, 0) is 36.8 Å². The van der Waals surface area contributed by atoms with E-state index in [1.165, 1.54) is 19.1 Å². The molecule has 1 atom stereocenters. The number of amides is 1. The van der Waals surface area contributed by atoms with Gasteiger partial charge in [-0.25, -0.2) is 0 Å². The van der Waals surface area contributed by atoms with E-state index in [1.807, 2.05) is 6.92 Å². The first-order valence-corrected chi connectivity index (χ1v) is 9.66. The summed E-state index contributed by atoms with van der Waals surface area (Å²) in [5.74, 6) is -0.431. The van der Waals surface area contributed by atoms with Crippen LogP contribution in [-0.4, -0.2) is 55.7 Å². The molecule has 2 aromatic carbocycles. The predicted octanol–water partition coefficient (Wildman–Crippen LogP) is 3.16. The molecule has 3 rings (SSSR count). The summed E-state index contributed by atoms with van der Waals surface area (Å²) in [5, 5.41) is 11.0. The Morgan fingerprint density at radius 3 is 2.43 bits per heavy atom. The Hall–Kier alpha value is -3.32. The van der Waals surface area contributed by atoms with Crippen LogP contribution >= 0.6 is 0 Å². The fourth-order valence-corrected chi connectivity index (χ4v) is 3.49. The summed E-state index contributed by atoms with van der Waals surface area (Å²) in [7, 11) is 3.04. The van der Waals surface area contributed by atoms with Gasteiger partial charge in [0.1, 0.15) is 17.3 Å². The molecule has 0 aliphatic carbocycles. The number of nitrogens with zero attached hydrogens (tertiary/aromatic N) is 1. The summed E-state index contributed by atoms with van der Waals surface area (Å²) >= 11 is 0. The number of benzene rings is 2. The van der Waals surface area contributed by atoms with Gasteiger partial charge in [0.05, 0.1) is 31.9 Å². The number of rotatable bonds is 8. The standard InChI is InChI=1S/C23H25NO6/c1-4-30-17-10-8-15(9-11-17)20-19(22(26)23(27)24(20)12-13-28-2)21(25)16-6-5-7-18(14-16)29-3/h5-11,14,20,25H,4,12-13H2,1-3H3/b21-19+. The van der Waals surface area contributed by atoms with Crippen molar-refractivity contribution in [2.45, 2.75) is 13.0 Å². The lowest BCUT2D eigenvalue weighted by molar-refractivity contribution is -0.140. The van der Waals surface area contributed by atoms with Crippen molar-refractivity contribution in [3.05, 3.63) is 65.2 Å². The molecule has 1 heterocycles. The topological polar surface area (TPSA) is 85.3 Å². The summed E-state index contributed by atoms with van der Waals surface area (Å²) in [6, 6.07) is 13.1. The summed E-state index contributed by atoms with van der Waals surface area (Å²) in [6.45, 7) is 2.90. The number of hydrogen-bond donors (Lipinski definition) is 1. The second kappa shape index (κ2) is 9.45. The molecule has 1 aliphatic rings. The number of carbonyl (C=O) groups is 2. The van der Waals surface area contributed by atoms with E-state index >= 15 is 0 Å². The van der Waals surface area contributed by atoms with Gasteiger partial charge in [0.25, 0.3) is 11.7 Å². The van der Waals surface area contributed by atoms with E-state index in [0.29, 0.717) is 29.2 Å². The van der Waals surface area contributed by atoms with Crippen molar-refractivity contribution < 1.29 is 28.9 Å². The molecule has 7 heteroatoms. The van der Waals surface area contributed by atoms with Crippen molar-refractivity contribution in [3.63, 3.8) is 0 Å². The molecule has 0 spiro atoms. The molecule has 1 unspecified atom stereocenters. The van der Waals surface area contributed by atoms with E-state index < -0.39 is 17.7 Å². The molecule has 0 bridgehead atoms. The zero-order chi connectivity index (χ0) is 21.7. The van der Waals surface area contributed by atoms with Crippen molar-refractivity contribution >= 4 is 17.4 Å². The predicted molar refractivity (Wildman–Crippen MR) is 111 cm³/mol. The Bertz CT molecular complexity index is 950. The van der Waals surface area contributed by atoms with Gasteiger partial charge in [-0.3, -0.25) is 9.59 Å². The van der Waals surface area contributed by atoms with Gasteiger partial charge in [0.2, 0.25) is 0 Å². The third-order valence-electron chi connectivity index (χ3n) is 4.93. The lowest BCUT2D eigenvalue weighted by Crippen LogP contribution is -2.32. The molecular weight excluding hydrogens is 386 g/mol. The van der Waals surface area contributed by atoms with Crippen LogP contribution in [0.2, 0.25) is 0 Å². The maximum atomic E-state index is 12.9. The SMILES string of the molecule is CCOc1ccc(C2/C(=C(\O)c3cccc(OC)c3)C(=O)C(=O)N2CCOC)cc1. The molecule has 1 N–H and O–H groups in total. The number of aliphatic hydroxyl groups is 1. The molecule has 158 valence electrons. The lowest BCUT2D eigenvalue weighted by Gasteiger charge is -2.25. The molecular formula is C23H25NO6. The van der Waals surface area contributed by atoms with Crippen molar-refractivity contribution in [2.75, 3.05) is 34.0 Å². The van der Waals surface area contributed by atoms with Crippen molar-refractivity contribution in [1.82, 2.24) is 4.90 Å². The molecule has 1 amide bonds. The summed E-state index contributed by atoms with van der Waals surface area (Å²) in [4.78, 5) is 27.1. The van der Waals surface area contributed by atoms with Crippen LogP contribution < -0.4 is 9.47 Å². The minimum Gasteiger partial charge on any atom is -0.507 e. The largest absolute Gasteiger partial charge is 0.507 e. The maximum absolute atomic E-state index is 12.9. The Balaban J connectivity index is 2.12. The van der Waals surface area contributed by atoms with Crippen molar-refractivity contribution in [3.8, 4) is 11.5 Å². The number of hydrogen-bond acceptors (Lipinski definition) is 6. The Morgan fingerprint density at radius 2 is 1.80 bits per heavy atom. The van der Waals surface area contributed by atoms with Crippen LogP contribution in [0, 0.1) is 0 Å². The maximum Gasteiger partial charge on any atom is 0.295 e. The number of carbonyl (C=O) groups excluding carboxylic acids is 2. The molecule has 0 aromatic heterocycles. The zero-order valence-electron chi connectivity index (χ0n) is 17.3. The molecule has 1 saturated heterocycles. The first-order chi connectivity index (χ1) is 14.5. The highest BCUT2D eigenvalue weighted by Crippen LogP contribution is 2.40. The highest BCUT2D eigenvalue weighted by Gasteiger charge is 2.45. The molecule has 1 aliphatic heterocycles. The third kappa shape index (κ3) is 4.16. The number of ether oxygens (including phenoxy) is 3. The molecule has 2 aromatic rings. The van der Waals surface area contributed by atoms with Crippen LogP contribution in [0.15, 0.2) is 54.1 Å². The Kier molecular flexibility index (Phi) is 6.74. The van der Waals surface area contributed by atoms with Crippen LogP contribution in [-0.2, 0) is 14.3 Å². The Labute approximate surface area is 175 Å². The second-order valence-electron chi connectivity index (χ2n) is 6.72. The van der Waals surface area contributed by atoms with E-state index in [0.717, 1.165) is 0 Å². The van der Waals surface area contributed by atoms with Gasteiger partial charge < -0.3 is 24.2 Å². The second-order valence-corrected chi connectivity index (χ2v) is 6.72. The minimum absolute atomic E-state index is 0.0357. The first-order valence-electron chi connectivity index (χ1n) is 9.66. The molecule has 30 heavy (non-hydrogen) atoms. The van der Waals surface area contributed by atoms with Gasteiger partial charge in [0.15, 0.2) is 0 Å². The fourth-order valence-electron chi connectivity index (χ4n) is 3.49. The lowest BCUT2D eigenvalue weighted by atomic mass is 9.95. The van der Waals surface area contributed by atoms with Crippen LogP contribution in [0.5, 0.6) is 11.5 Å². The average molecular weight is 411 g/mol. The first kappa shape index (κ1) is 21.4. The zero-order valence-corrected chi connectivity index (χ0v) is 17.3. The monoisotopic (exact) mass is 411 g/mol. The normalized spacial score (nSPS) is 18.0. The number of aliphatic hydroxyl groups excluding tert-OH is 1. The summed E-state index contributed by atoms with van der Waals surface area (Å²) in [5.41, 5.74) is 1.13. The van der Waals surface area contributed by atoms with E-state index in [4.69, 9.17) is 14.2 Å². The number of methoxy groups -OCH3 is 2. The average Bonchev–Trinajstić information content (AvgIpc) is 3.02. The van der Waals surface area contributed by atoms with E-state index in [9.17, 15) is 14.7 Å². The smallest absolute Gasteiger partial charge is 0.295 e. The van der Waals surface area contributed by atoms with Crippen LogP contribution in [0.4, 0.5) is 0 Å². The van der Waals surface area contributed by atoms with Crippen molar-refractivity contribution in [2.24, 2.45) is 0 Å². The van der Waals surface area contributed by atoms with Crippen LogP contribution in [0.3, 0.4) is 0 Å². The Morgan fingerprint density at radius 1 is 1.07 bits per heavy atom. The van der Waals surface area contributed by atoms with E-state index in [-0.39, 0.29) is 24.5 Å². The molecule has 0 radical (unpaired) electrons. The van der Waals surface area contributed by atoms with Gasteiger partial charge in [-0.1, -0.05) is 24.3 Å². The van der Waals surface area contributed by atoms with E-state index in [2.05, 4.69) is 0 Å². The van der Waals surface area contributed by atoms with E-state index in [1.54, 1.807) is 48.5 Å². The van der Waals surface area contributed by atoms with Crippen LogP contribution in [0.1, 0.15) is 24.1 Å². The molecule has 7 nitrogen and oxygen atoms in total. The van der Waals surface area contributed by atoms with Crippen LogP contribution in [0.25, 0.3) is 5.76 Å². The van der Waals surface area contributed by atoms with Gasteiger partial charge in [-0.2, -0.15) is 0 Å². The summed E-state index contributed by atoms with van der Waals surface area (Å²) < 4.78 is 15.8. The fraction of sp³-hybridized carbons (Fsp3) is 0.304. The number of Topliss-reactive ketones (excluding diaryl/α,β-unsaturated/α-hetero) is 1. The highest BCUT2D eigenvalue weighted by atomic mass is 16.5. The summed E-state index contributed by atoms with van der Waals surface area (Å²) in [6.07, 6.45) is 0.